The van der Waals surface area contributed by atoms with E-state index in [1.807, 2.05) is 13.0 Å². The fourth-order valence-corrected chi connectivity index (χ4v) is 2.20. The normalized spacial score (nSPS) is 12.4. The molecule has 0 atom stereocenters. The van der Waals surface area contributed by atoms with E-state index in [4.69, 9.17) is 10.5 Å². The maximum atomic E-state index is 11.9. The van der Waals surface area contributed by atoms with Crippen LogP contribution in [0.5, 0.6) is 5.75 Å². The van der Waals surface area contributed by atoms with Gasteiger partial charge in [0.25, 0.3) is 0 Å². The minimum Gasteiger partial charge on any atom is -0.492 e. The Morgan fingerprint density at radius 2 is 1.89 bits per heavy atom. The van der Waals surface area contributed by atoms with Gasteiger partial charge in [0.2, 0.25) is 0 Å². The van der Waals surface area contributed by atoms with Gasteiger partial charge in [-0.15, -0.1) is 0 Å². The number of hydrogen-bond donors (Lipinski definition) is 1. The predicted molar refractivity (Wildman–Crippen MR) is 74.6 cm³/mol. The van der Waals surface area contributed by atoms with Crippen molar-refractivity contribution in [2.45, 2.75) is 32.4 Å². The van der Waals surface area contributed by atoms with Gasteiger partial charge < -0.3 is 10.5 Å². The molecule has 0 amide bonds. The number of benzene rings is 1. The fourth-order valence-electron chi connectivity index (χ4n) is 1.28. The molecule has 0 saturated heterocycles. The Bertz CT molecular complexity index is 516. The quantitative estimate of drug-likeness (QED) is 0.852. The van der Waals surface area contributed by atoms with Crippen LogP contribution in [0.4, 0.5) is 5.69 Å². The molecule has 102 valence electrons. The number of anilines is 1. The number of aryl methyl sites for hydroxylation is 1. The van der Waals surface area contributed by atoms with E-state index < -0.39 is 14.6 Å². The summed E-state index contributed by atoms with van der Waals surface area (Å²) in [7, 11) is -3.14. The lowest BCUT2D eigenvalue weighted by molar-refractivity contribution is 0.340. The summed E-state index contributed by atoms with van der Waals surface area (Å²) in [6.07, 6.45) is 0. The number of ether oxygens (including phenoxy) is 1. The summed E-state index contributed by atoms with van der Waals surface area (Å²) in [5, 5.41) is 0. The molecule has 0 heterocycles. The Labute approximate surface area is 109 Å². The van der Waals surface area contributed by atoms with Gasteiger partial charge in [0, 0.05) is 11.8 Å². The molecular weight excluding hydrogens is 250 g/mol. The summed E-state index contributed by atoms with van der Waals surface area (Å²) < 4.78 is 28.4. The van der Waals surface area contributed by atoms with E-state index in [0.717, 1.165) is 5.56 Å². The van der Waals surface area contributed by atoms with Gasteiger partial charge in [-0.3, -0.25) is 0 Å². The lowest BCUT2D eigenvalue weighted by Gasteiger charge is -2.19. The van der Waals surface area contributed by atoms with Crippen LogP contribution < -0.4 is 10.5 Å². The largest absolute Gasteiger partial charge is 0.492 e. The molecular formula is C13H21NO3S. The predicted octanol–water partition coefficient (Wildman–Crippen LogP) is 2.17. The molecule has 18 heavy (non-hydrogen) atoms. The molecule has 1 rings (SSSR count). The standard InChI is InChI=1S/C13H21NO3S/c1-10-5-6-11(9-12(10)14)17-7-8-18(15,16)13(2,3)4/h5-6,9H,7-8,14H2,1-4H3. The van der Waals surface area contributed by atoms with Crippen molar-refractivity contribution < 1.29 is 13.2 Å². The molecule has 0 radical (unpaired) electrons. The van der Waals surface area contributed by atoms with Crippen molar-refractivity contribution in [3.05, 3.63) is 23.8 Å². The van der Waals surface area contributed by atoms with Gasteiger partial charge in [-0.05, 0) is 39.3 Å². The van der Waals surface area contributed by atoms with Crippen LogP contribution in [-0.2, 0) is 9.84 Å². The number of sulfone groups is 1. The smallest absolute Gasteiger partial charge is 0.158 e. The van der Waals surface area contributed by atoms with Crippen molar-refractivity contribution >= 4 is 15.5 Å². The maximum absolute atomic E-state index is 11.9. The third-order valence-corrected chi connectivity index (χ3v) is 5.37. The molecule has 1 aromatic carbocycles. The highest BCUT2D eigenvalue weighted by molar-refractivity contribution is 7.92. The molecule has 0 fully saturated rings. The SMILES string of the molecule is Cc1ccc(OCCS(=O)(=O)C(C)(C)C)cc1N. The van der Waals surface area contributed by atoms with Crippen molar-refractivity contribution in [2.75, 3.05) is 18.1 Å². The zero-order valence-electron chi connectivity index (χ0n) is 11.4. The Kier molecular flexibility index (Phi) is 4.27. The maximum Gasteiger partial charge on any atom is 0.158 e. The van der Waals surface area contributed by atoms with Crippen LogP contribution in [0.15, 0.2) is 18.2 Å². The van der Waals surface area contributed by atoms with Crippen LogP contribution in [0.3, 0.4) is 0 Å². The van der Waals surface area contributed by atoms with Crippen LogP contribution in [0.2, 0.25) is 0 Å². The van der Waals surface area contributed by atoms with Crippen molar-refractivity contribution in [3.8, 4) is 5.75 Å². The lowest BCUT2D eigenvalue weighted by Crippen LogP contribution is -2.32. The van der Waals surface area contributed by atoms with Gasteiger partial charge in [0.1, 0.15) is 12.4 Å². The van der Waals surface area contributed by atoms with Gasteiger partial charge in [-0.25, -0.2) is 8.42 Å². The highest BCUT2D eigenvalue weighted by Gasteiger charge is 2.28. The molecule has 0 aliphatic carbocycles. The van der Waals surface area contributed by atoms with E-state index in [0.29, 0.717) is 11.4 Å². The lowest BCUT2D eigenvalue weighted by atomic mass is 10.2. The monoisotopic (exact) mass is 271 g/mol. The number of rotatable bonds is 4. The fraction of sp³-hybridized carbons (Fsp3) is 0.538. The minimum atomic E-state index is -3.14. The van der Waals surface area contributed by atoms with Gasteiger partial charge in [-0.2, -0.15) is 0 Å². The van der Waals surface area contributed by atoms with Crippen molar-refractivity contribution in [3.63, 3.8) is 0 Å². The second-order valence-corrected chi connectivity index (χ2v) is 8.16. The van der Waals surface area contributed by atoms with E-state index in [2.05, 4.69) is 0 Å². The topological polar surface area (TPSA) is 69.4 Å². The first-order chi connectivity index (χ1) is 8.13. The molecule has 5 heteroatoms. The van der Waals surface area contributed by atoms with E-state index in [9.17, 15) is 8.42 Å². The number of nitrogen functional groups attached to an aromatic ring is 1. The molecule has 0 saturated carbocycles. The average molecular weight is 271 g/mol. The average Bonchev–Trinajstić information content (AvgIpc) is 2.21. The highest BCUT2D eigenvalue weighted by Crippen LogP contribution is 2.20. The number of nitrogens with two attached hydrogens (primary N) is 1. The van der Waals surface area contributed by atoms with Crippen LogP contribution in [0.1, 0.15) is 26.3 Å². The van der Waals surface area contributed by atoms with Crippen molar-refractivity contribution in [1.29, 1.82) is 0 Å². The molecule has 0 spiro atoms. The summed E-state index contributed by atoms with van der Waals surface area (Å²) in [6.45, 7) is 7.11. The Hall–Kier alpha value is -1.23. The molecule has 4 nitrogen and oxygen atoms in total. The molecule has 0 aliphatic rings. The molecule has 0 unspecified atom stereocenters. The van der Waals surface area contributed by atoms with E-state index in [1.165, 1.54) is 0 Å². The molecule has 0 bridgehead atoms. The zero-order valence-corrected chi connectivity index (χ0v) is 12.2. The molecule has 1 aromatic rings. The third kappa shape index (κ3) is 3.63. The first-order valence-electron chi connectivity index (χ1n) is 5.85. The summed E-state index contributed by atoms with van der Waals surface area (Å²) in [5.74, 6) is 0.604. The summed E-state index contributed by atoms with van der Waals surface area (Å²) in [5.41, 5.74) is 7.37. The van der Waals surface area contributed by atoms with Crippen molar-refractivity contribution in [1.82, 2.24) is 0 Å². The molecule has 0 aromatic heterocycles. The van der Waals surface area contributed by atoms with Crippen molar-refractivity contribution in [2.24, 2.45) is 0 Å². The van der Waals surface area contributed by atoms with Gasteiger partial charge in [-0.1, -0.05) is 6.07 Å². The minimum absolute atomic E-state index is 0.00425. The van der Waals surface area contributed by atoms with Gasteiger partial charge >= 0.3 is 0 Å². The van der Waals surface area contributed by atoms with Crippen LogP contribution in [0, 0.1) is 6.92 Å². The second kappa shape index (κ2) is 5.18. The molecule has 0 aliphatic heterocycles. The highest BCUT2D eigenvalue weighted by atomic mass is 32.2. The Balaban J connectivity index is 2.60. The van der Waals surface area contributed by atoms with Crippen LogP contribution >= 0.6 is 0 Å². The summed E-state index contributed by atoms with van der Waals surface area (Å²) in [4.78, 5) is 0. The van der Waals surface area contributed by atoms with E-state index in [1.54, 1.807) is 32.9 Å². The third-order valence-electron chi connectivity index (χ3n) is 2.80. The van der Waals surface area contributed by atoms with Gasteiger partial charge in [0.05, 0.1) is 10.5 Å². The zero-order chi connectivity index (χ0) is 14.0. The van der Waals surface area contributed by atoms with E-state index >= 15 is 0 Å². The van der Waals surface area contributed by atoms with E-state index in [-0.39, 0.29) is 12.4 Å². The first kappa shape index (κ1) is 14.8. The summed E-state index contributed by atoms with van der Waals surface area (Å²) in [6, 6.07) is 5.34. The van der Waals surface area contributed by atoms with Crippen LogP contribution in [-0.4, -0.2) is 25.5 Å². The summed E-state index contributed by atoms with van der Waals surface area (Å²) >= 11 is 0. The second-order valence-electron chi connectivity index (χ2n) is 5.30. The Morgan fingerprint density at radius 3 is 2.39 bits per heavy atom. The Morgan fingerprint density at radius 1 is 1.28 bits per heavy atom. The molecule has 2 N–H and O–H groups in total. The van der Waals surface area contributed by atoms with Gasteiger partial charge in [0.15, 0.2) is 9.84 Å². The first-order valence-corrected chi connectivity index (χ1v) is 7.50. The number of hydrogen-bond acceptors (Lipinski definition) is 4. The van der Waals surface area contributed by atoms with Crippen LogP contribution in [0.25, 0.3) is 0 Å².